The van der Waals surface area contributed by atoms with Crippen LogP contribution in [0, 0.1) is 5.92 Å². The molecule has 74 valence electrons. The molecule has 13 heavy (non-hydrogen) atoms. The maximum absolute atomic E-state index is 2.36. The fourth-order valence-corrected chi connectivity index (χ4v) is 2.10. The van der Waals surface area contributed by atoms with Gasteiger partial charge in [-0.15, -0.1) is 0 Å². The normalized spacial score (nSPS) is 19.3. The van der Waals surface area contributed by atoms with Gasteiger partial charge in [0.25, 0.3) is 0 Å². The fourth-order valence-electron chi connectivity index (χ4n) is 2.10. The predicted molar refractivity (Wildman–Crippen MR) is 59.8 cm³/mol. The number of hydrogen-bond donors (Lipinski definition) is 0. The summed E-state index contributed by atoms with van der Waals surface area (Å²) in [5, 5.41) is 0. The average molecular weight is 178 g/mol. The summed E-state index contributed by atoms with van der Waals surface area (Å²) < 4.78 is 0. The number of hydrogen-bond acceptors (Lipinski definition) is 0. The summed E-state index contributed by atoms with van der Waals surface area (Å²) in [5.41, 5.74) is 3.23. The molecule has 1 aliphatic rings. The Kier molecular flexibility index (Phi) is 4.27. The van der Waals surface area contributed by atoms with Crippen molar-refractivity contribution in [3.05, 3.63) is 23.3 Å². The van der Waals surface area contributed by atoms with Crippen LogP contribution in [0.2, 0.25) is 0 Å². The molecule has 0 aromatic carbocycles. The molecule has 0 bridgehead atoms. The quantitative estimate of drug-likeness (QED) is 0.595. The van der Waals surface area contributed by atoms with E-state index in [-0.39, 0.29) is 0 Å². The molecule has 0 fully saturated rings. The molecule has 1 aliphatic carbocycles. The first-order chi connectivity index (χ1) is 6.27. The molecule has 0 aromatic heterocycles. The second kappa shape index (κ2) is 5.26. The van der Waals surface area contributed by atoms with Crippen molar-refractivity contribution in [2.24, 2.45) is 5.92 Å². The standard InChI is InChI=1S/C13H22/c1-4-6-12(5-2)13-9-7-11(3)8-10-13/h7,9,12H,4-6,8,10H2,1-3H3. The summed E-state index contributed by atoms with van der Waals surface area (Å²) >= 11 is 0. The fraction of sp³-hybridized carbons (Fsp3) is 0.692. The van der Waals surface area contributed by atoms with Gasteiger partial charge in [-0.1, -0.05) is 43.6 Å². The second-order valence-electron chi connectivity index (χ2n) is 4.15. The SMILES string of the molecule is CCCC(CC)C1=CC=C(C)CC1. The van der Waals surface area contributed by atoms with Crippen LogP contribution in [0.3, 0.4) is 0 Å². The van der Waals surface area contributed by atoms with Crippen LogP contribution in [-0.2, 0) is 0 Å². The molecular weight excluding hydrogens is 156 g/mol. The van der Waals surface area contributed by atoms with E-state index in [0.717, 1.165) is 5.92 Å². The van der Waals surface area contributed by atoms with Crippen molar-refractivity contribution in [1.82, 2.24) is 0 Å². The average Bonchev–Trinajstić information content (AvgIpc) is 2.16. The second-order valence-corrected chi connectivity index (χ2v) is 4.15. The van der Waals surface area contributed by atoms with Crippen LogP contribution in [0.15, 0.2) is 23.3 Å². The zero-order valence-electron chi connectivity index (χ0n) is 9.27. The molecule has 0 radical (unpaired) electrons. The highest BCUT2D eigenvalue weighted by atomic mass is 14.2. The molecule has 1 unspecified atom stereocenters. The molecule has 0 heterocycles. The van der Waals surface area contributed by atoms with Crippen molar-refractivity contribution in [3.8, 4) is 0 Å². The molecular formula is C13H22. The lowest BCUT2D eigenvalue weighted by Gasteiger charge is -2.20. The molecule has 0 heteroatoms. The first kappa shape index (κ1) is 10.6. The molecule has 0 saturated heterocycles. The highest BCUT2D eigenvalue weighted by molar-refractivity contribution is 5.24. The molecule has 1 atom stereocenters. The Morgan fingerprint density at radius 2 is 2.00 bits per heavy atom. The Hall–Kier alpha value is -0.520. The first-order valence-corrected chi connectivity index (χ1v) is 5.64. The number of allylic oxidation sites excluding steroid dienone is 4. The van der Waals surface area contributed by atoms with Crippen molar-refractivity contribution in [1.29, 1.82) is 0 Å². The third kappa shape index (κ3) is 3.02. The summed E-state index contributed by atoms with van der Waals surface area (Å²) in [6.45, 7) is 6.83. The van der Waals surface area contributed by atoms with E-state index < -0.39 is 0 Å². The number of rotatable bonds is 4. The van der Waals surface area contributed by atoms with Crippen molar-refractivity contribution in [2.75, 3.05) is 0 Å². The Morgan fingerprint density at radius 3 is 2.46 bits per heavy atom. The van der Waals surface area contributed by atoms with Gasteiger partial charge >= 0.3 is 0 Å². The van der Waals surface area contributed by atoms with Crippen molar-refractivity contribution < 1.29 is 0 Å². The summed E-state index contributed by atoms with van der Waals surface area (Å²) in [6.07, 6.45) is 11.3. The zero-order chi connectivity index (χ0) is 9.68. The Labute approximate surface area is 82.7 Å². The highest BCUT2D eigenvalue weighted by Crippen LogP contribution is 2.28. The van der Waals surface area contributed by atoms with Crippen molar-refractivity contribution >= 4 is 0 Å². The van der Waals surface area contributed by atoms with Crippen molar-refractivity contribution in [2.45, 2.75) is 52.9 Å². The smallest absolute Gasteiger partial charge is 0.0203 e. The molecule has 0 aromatic rings. The Morgan fingerprint density at radius 1 is 1.23 bits per heavy atom. The van der Waals surface area contributed by atoms with Crippen LogP contribution in [0.4, 0.5) is 0 Å². The summed E-state index contributed by atoms with van der Waals surface area (Å²) in [4.78, 5) is 0. The van der Waals surface area contributed by atoms with E-state index in [1.165, 1.54) is 37.7 Å². The highest BCUT2D eigenvalue weighted by Gasteiger charge is 2.12. The molecule has 1 rings (SSSR count). The predicted octanol–water partition coefficient (Wildman–Crippen LogP) is 4.48. The van der Waals surface area contributed by atoms with Crippen LogP contribution >= 0.6 is 0 Å². The molecule has 0 spiro atoms. The third-order valence-corrected chi connectivity index (χ3v) is 3.04. The maximum Gasteiger partial charge on any atom is -0.0203 e. The van der Waals surface area contributed by atoms with Gasteiger partial charge in [-0.3, -0.25) is 0 Å². The lowest BCUT2D eigenvalue weighted by Crippen LogP contribution is -2.05. The topological polar surface area (TPSA) is 0 Å². The summed E-state index contributed by atoms with van der Waals surface area (Å²) in [5.74, 6) is 0.856. The van der Waals surface area contributed by atoms with E-state index >= 15 is 0 Å². The Balaban J connectivity index is 2.59. The van der Waals surface area contributed by atoms with E-state index in [4.69, 9.17) is 0 Å². The van der Waals surface area contributed by atoms with Gasteiger partial charge in [0.2, 0.25) is 0 Å². The first-order valence-electron chi connectivity index (χ1n) is 5.64. The van der Waals surface area contributed by atoms with E-state index in [0.29, 0.717) is 0 Å². The van der Waals surface area contributed by atoms with Crippen LogP contribution in [0.5, 0.6) is 0 Å². The zero-order valence-corrected chi connectivity index (χ0v) is 9.27. The van der Waals surface area contributed by atoms with Gasteiger partial charge in [0, 0.05) is 0 Å². The molecule has 0 N–H and O–H groups in total. The van der Waals surface area contributed by atoms with Gasteiger partial charge in [-0.2, -0.15) is 0 Å². The molecule has 0 saturated carbocycles. The molecule has 0 amide bonds. The van der Waals surface area contributed by atoms with Gasteiger partial charge < -0.3 is 0 Å². The minimum absolute atomic E-state index is 0.856. The lowest BCUT2D eigenvalue weighted by molar-refractivity contribution is 0.514. The summed E-state index contributed by atoms with van der Waals surface area (Å²) in [7, 11) is 0. The van der Waals surface area contributed by atoms with Crippen LogP contribution in [0.25, 0.3) is 0 Å². The van der Waals surface area contributed by atoms with Crippen LogP contribution in [-0.4, -0.2) is 0 Å². The molecule has 0 nitrogen and oxygen atoms in total. The van der Waals surface area contributed by atoms with Gasteiger partial charge in [0.15, 0.2) is 0 Å². The maximum atomic E-state index is 2.36. The van der Waals surface area contributed by atoms with Gasteiger partial charge in [0.1, 0.15) is 0 Å². The summed E-state index contributed by atoms with van der Waals surface area (Å²) in [6, 6.07) is 0. The van der Waals surface area contributed by atoms with E-state index in [1.54, 1.807) is 5.57 Å². The minimum Gasteiger partial charge on any atom is -0.0730 e. The minimum atomic E-state index is 0.856. The van der Waals surface area contributed by atoms with Crippen LogP contribution < -0.4 is 0 Å². The van der Waals surface area contributed by atoms with E-state index in [1.807, 2.05) is 0 Å². The van der Waals surface area contributed by atoms with E-state index in [9.17, 15) is 0 Å². The molecule has 0 aliphatic heterocycles. The van der Waals surface area contributed by atoms with Crippen molar-refractivity contribution in [3.63, 3.8) is 0 Å². The van der Waals surface area contributed by atoms with Gasteiger partial charge in [0.05, 0.1) is 0 Å². The Bertz CT molecular complexity index is 208. The van der Waals surface area contributed by atoms with Crippen LogP contribution in [0.1, 0.15) is 52.9 Å². The lowest BCUT2D eigenvalue weighted by atomic mass is 9.85. The van der Waals surface area contributed by atoms with Gasteiger partial charge in [-0.05, 0) is 38.5 Å². The largest absolute Gasteiger partial charge is 0.0730 e. The van der Waals surface area contributed by atoms with E-state index in [2.05, 4.69) is 32.9 Å². The third-order valence-electron chi connectivity index (χ3n) is 3.04. The van der Waals surface area contributed by atoms with Gasteiger partial charge in [-0.25, -0.2) is 0 Å². The monoisotopic (exact) mass is 178 g/mol.